The second kappa shape index (κ2) is 10.9. The Morgan fingerprint density at radius 1 is 1.08 bits per heavy atom. The number of likely N-dealkylation sites (tertiary alicyclic amines) is 1. The van der Waals surface area contributed by atoms with E-state index in [4.69, 9.17) is 4.74 Å². The molecule has 4 aliphatic rings. The molecule has 0 unspecified atom stereocenters. The minimum atomic E-state index is -4.17. The topological polar surface area (TPSA) is 109 Å². The number of nitrogens with one attached hydrogen (secondary N) is 2. The molecule has 0 atom stereocenters. The van der Waals surface area contributed by atoms with E-state index in [0.717, 1.165) is 57.3 Å². The van der Waals surface area contributed by atoms with Gasteiger partial charge < -0.3 is 15.0 Å². The molecule has 1 aromatic carbocycles. The average molecular weight is 539 g/mol. The van der Waals surface area contributed by atoms with Gasteiger partial charge in [0.1, 0.15) is 0 Å². The van der Waals surface area contributed by atoms with Crippen LogP contribution in [0.4, 0.5) is 16.2 Å². The molecule has 10 nitrogen and oxygen atoms in total. The summed E-state index contributed by atoms with van der Waals surface area (Å²) in [6.45, 7) is 2.70. The van der Waals surface area contributed by atoms with Gasteiger partial charge in [-0.15, -0.1) is 0 Å². The predicted molar refractivity (Wildman–Crippen MR) is 144 cm³/mol. The van der Waals surface area contributed by atoms with E-state index in [-0.39, 0.29) is 41.6 Å². The van der Waals surface area contributed by atoms with Crippen LogP contribution in [0.5, 0.6) is 0 Å². The maximum atomic E-state index is 13.7. The quantitative estimate of drug-likeness (QED) is 0.543. The zero-order valence-corrected chi connectivity index (χ0v) is 21.5. The van der Waals surface area contributed by atoms with E-state index in [2.05, 4.69) is 26.1 Å². The van der Waals surface area contributed by atoms with Gasteiger partial charge in [-0.25, -0.2) is 13.8 Å². The van der Waals surface area contributed by atoms with Crippen LogP contribution in [-0.4, -0.2) is 98.1 Å². The molecule has 3 heterocycles. The van der Waals surface area contributed by atoms with E-state index in [1.165, 1.54) is 26.6 Å². The zero-order chi connectivity index (χ0) is 24.9. The molecule has 1 aromatic heterocycles. The van der Waals surface area contributed by atoms with Crippen molar-refractivity contribution in [1.29, 1.82) is 0 Å². The Bertz CT molecular complexity index is 1240. The van der Waals surface area contributed by atoms with E-state index < -0.39 is 16.2 Å². The molecule has 2 aliphatic carbocycles. The number of rotatable bonds is 6. The molecule has 2 aromatic rings. The number of carbonyl (C=O) groups excluding carboxylic acids is 1. The molecule has 2 aliphatic heterocycles. The molecule has 0 spiro atoms. The van der Waals surface area contributed by atoms with Crippen molar-refractivity contribution in [3.8, 4) is 0 Å². The van der Waals surface area contributed by atoms with Crippen LogP contribution >= 0.6 is 0 Å². The number of nitrogens with zero attached hydrogens (tertiary/aromatic N) is 4. The summed E-state index contributed by atoms with van der Waals surface area (Å²) in [5.41, 5.74) is 6.20. The third-order valence-corrected chi connectivity index (χ3v) is 9.52. The first-order chi connectivity index (χ1) is 17.4. The third-order valence-electron chi connectivity index (χ3n) is 8.05. The maximum absolute atomic E-state index is 13.7. The van der Waals surface area contributed by atoms with E-state index in [1.807, 2.05) is 7.05 Å². The molecule has 37 heavy (non-hydrogen) atoms. The van der Waals surface area contributed by atoms with Crippen LogP contribution in [0.25, 0.3) is 0 Å². The van der Waals surface area contributed by atoms with Crippen molar-refractivity contribution in [2.24, 2.45) is 0 Å². The van der Waals surface area contributed by atoms with Crippen LogP contribution in [0.2, 0.25) is 0 Å². The minimum absolute atomic E-state index is 0. The fourth-order valence-electron chi connectivity index (χ4n) is 6.07. The van der Waals surface area contributed by atoms with Crippen molar-refractivity contribution in [1.82, 2.24) is 19.4 Å². The normalized spacial score (nSPS) is 20.0. The van der Waals surface area contributed by atoms with E-state index in [9.17, 15) is 13.2 Å². The summed E-state index contributed by atoms with van der Waals surface area (Å²) >= 11 is 0. The Labute approximate surface area is 240 Å². The van der Waals surface area contributed by atoms with Crippen LogP contribution in [0, 0.1) is 0 Å². The third kappa shape index (κ3) is 5.31. The summed E-state index contributed by atoms with van der Waals surface area (Å²) in [7, 11) is -2.14. The Hall–Kier alpha value is -1.63. The molecule has 0 saturated carbocycles. The molecule has 2 saturated heterocycles. The van der Waals surface area contributed by atoms with Gasteiger partial charge >= 0.3 is 45.8 Å². The SMILES string of the molecule is CN1CCC(N(c2cnn(C3COC3)c2)S(=O)(=O)NC(=O)Nc2c3c(cc4c2CCC4)CCC3)CC1.[NaH]. The van der Waals surface area contributed by atoms with Crippen molar-refractivity contribution in [2.75, 3.05) is 43.0 Å². The summed E-state index contributed by atoms with van der Waals surface area (Å²) in [5.74, 6) is 0. The van der Waals surface area contributed by atoms with Gasteiger partial charge in [-0.05, 0) is 93.8 Å². The van der Waals surface area contributed by atoms with Crippen LogP contribution in [0.15, 0.2) is 18.5 Å². The summed E-state index contributed by atoms with van der Waals surface area (Å²) in [5, 5.41) is 7.36. The van der Waals surface area contributed by atoms with Gasteiger partial charge in [-0.3, -0.25) is 4.68 Å². The second-order valence-corrected chi connectivity index (χ2v) is 12.0. The number of benzene rings is 1. The molecule has 196 valence electrons. The van der Waals surface area contributed by atoms with Gasteiger partial charge in [-0.1, -0.05) is 6.07 Å². The Kier molecular flexibility index (Phi) is 7.91. The number of aryl methyl sites for hydroxylation is 2. The van der Waals surface area contributed by atoms with Crippen LogP contribution in [-0.2, 0) is 40.6 Å². The number of hydrogen-bond acceptors (Lipinski definition) is 6. The Balaban J connectivity index is 0.00000280. The van der Waals surface area contributed by atoms with Crippen molar-refractivity contribution >= 4 is 57.2 Å². The van der Waals surface area contributed by atoms with Gasteiger partial charge in [-0.2, -0.15) is 13.5 Å². The fraction of sp³-hybridized carbons (Fsp3) is 0.600. The number of piperidine rings is 1. The van der Waals surface area contributed by atoms with Crippen molar-refractivity contribution in [3.05, 3.63) is 40.7 Å². The number of anilines is 2. The molecular formula is C25H35N6NaO4S. The van der Waals surface area contributed by atoms with Crippen molar-refractivity contribution < 1.29 is 17.9 Å². The predicted octanol–water partition coefficient (Wildman–Crippen LogP) is 1.75. The van der Waals surface area contributed by atoms with Crippen molar-refractivity contribution in [2.45, 2.75) is 63.5 Å². The van der Waals surface area contributed by atoms with Crippen LogP contribution in [0.1, 0.15) is 54.0 Å². The molecule has 12 heteroatoms. The molecule has 2 N–H and O–H groups in total. The first-order valence-corrected chi connectivity index (χ1v) is 14.4. The molecule has 2 amide bonds. The number of hydrogen-bond donors (Lipinski definition) is 2. The first kappa shape index (κ1) is 27.0. The summed E-state index contributed by atoms with van der Waals surface area (Å²) in [6.07, 6.45) is 10.7. The number of carbonyl (C=O) groups is 1. The van der Waals surface area contributed by atoms with Gasteiger partial charge in [0.2, 0.25) is 0 Å². The Morgan fingerprint density at radius 2 is 1.73 bits per heavy atom. The molecular weight excluding hydrogens is 503 g/mol. The number of urea groups is 1. The second-order valence-electron chi connectivity index (χ2n) is 10.5. The van der Waals surface area contributed by atoms with Gasteiger partial charge in [0, 0.05) is 17.9 Å². The van der Waals surface area contributed by atoms with E-state index in [0.29, 0.717) is 31.7 Å². The molecule has 0 bridgehead atoms. The van der Waals surface area contributed by atoms with Crippen molar-refractivity contribution in [3.63, 3.8) is 0 Å². The molecule has 2 fully saturated rings. The van der Waals surface area contributed by atoms with E-state index >= 15 is 0 Å². The van der Waals surface area contributed by atoms with Crippen LogP contribution in [0.3, 0.4) is 0 Å². The number of aromatic nitrogens is 2. The average Bonchev–Trinajstić information content (AvgIpc) is 3.54. The van der Waals surface area contributed by atoms with E-state index in [1.54, 1.807) is 17.1 Å². The van der Waals surface area contributed by atoms with Crippen LogP contribution < -0.4 is 14.3 Å². The van der Waals surface area contributed by atoms with Gasteiger partial charge in [0.25, 0.3) is 0 Å². The Morgan fingerprint density at radius 3 is 2.32 bits per heavy atom. The summed E-state index contributed by atoms with van der Waals surface area (Å²) in [4.78, 5) is 15.4. The zero-order valence-electron chi connectivity index (χ0n) is 20.7. The standard InChI is InChI=1S/C25H34N6O4S.Na.H/c1-29-10-8-19(9-11-29)31(20-13-26-30(14-20)21-15-35-16-21)36(33,34)28-25(32)27-24-22-6-2-4-17(22)12-18-5-3-7-23(18)24;;/h12-14,19,21H,2-11,15-16H2,1H3,(H2,27,28,32);;. The van der Waals surface area contributed by atoms with Gasteiger partial charge in [0.05, 0.1) is 31.1 Å². The summed E-state index contributed by atoms with van der Waals surface area (Å²) < 4.78 is 38.2. The molecule has 6 rings (SSSR count). The molecule has 0 radical (unpaired) electrons. The summed E-state index contributed by atoms with van der Waals surface area (Å²) in [6, 6.07) is 1.44. The monoisotopic (exact) mass is 538 g/mol. The number of amides is 2. The fourth-order valence-corrected chi connectivity index (χ4v) is 7.42. The first-order valence-electron chi connectivity index (χ1n) is 13.0. The van der Waals surface area contributed by atoms with Gasteiger partial charge in [0.15, 0.2) is 0 Å². The number of ether oxygens (including phenoxy) is 1. The number of fused-ring (bicyclic) bond motifs is 2.